The van der Waals surface area contributed by atoms with Crippen molar-refractivity contribution < 1.29 is 29.4 Å². The van der Waals surface area contributed by atoms with Crippen LogP contribution in [0, 0.1) is 0 Å². The average molecular weight is 445 g/mol. The van der Waals surface area contributed by atoms with Crippen molar-refractivity contribution in [3.8, 4) is 0 Å². The number of rotatable bonds is 9. The van der Waals surface area contributed by atoms with Gasteiger partial charge in [0.2, 0.25) is 17.7 Å². The molecule has 0 spiro atoms. The Morgan fingerprint density at radius 2 is 2.00 bits per heavy atom. The van der Waals surface area contributed by atoms with Crippen LogP contribution in [0.5, 0.6) is 0 Å². The van der Waals surface area contributed by atoms with E-state index in [0.717, 1.165) is 16.5 Å². The molecule has 11 nitrogen and oxygen atoms in total. The van der Waals surface area contributed by atoms with Crippen molar-refractivity contribution in [2.24, 2.45) is 5.73 Å². The molecule has 7 N–H and O–H groups in total. The number of hydrogen-bond donors (Lipinski definition) is 6. The SMILES string of the molecule is NC(Cc1c[nH]c2ccccc12)C(=O)NCC(=O)N1CCCC1C(=O)NC(CO)C(=O)O. The number of para-hydroxylation sites is 1. The first-order chi connectivity index (χ1) is 15.3. The summed E-state index contributed by atoms with van der Waals surface area (Å²) in [5.74, 6) is -2.98. The number of aliphatic carboxylic acids is 1. The van der Waals surface area contributed by atoms with E-state index in [9.17, 15) is 19.2 Å². The molecule has 0 bridgehead atoms. The van der Waals surface area contributed by atoms with Gasteiger partial charge in [0.25, 0.3) is 0 Å². The molecule has 1 aromatic carbocycles. The molecule has 1 aliphatic rings. The smallest absolute Gasteiger partial charge is 0.328 e. The molecule has 0 radical (unpaired) electrons. The molecule has 2 heterocycles. The number of carbonyl (C=O) groups excluding carboxylic acids is 3. The molecular formula is C21H27N5O6. The Morgan fingerprint density at radius 3 is 2.72 bits per heavy atom. The van der Waals surface area contributed by atoms with Crippen molar-refractivity contribution in [1.82, 2.24) is 20.5 Å². The van der Waals surface area contributed by atoms with E-state index >= 15 is 0 Å². The Balaban J connectivity index is 1.53. The van der Waals surface area contributed by atoms with Crippen molar-refractivity contribution >= 4 is 34.6 Å². The molecule has 1 aromatic heterocycles. The first-order valence-electron chi connectivity index (χ1n) is 10.3. The Bertz CT molecular complexity index is 1010. The summed E-state index contributed by atoms with van der Waals surface area (Å²) in [4.78, 5) is 52.8. The first-order valence-corrected chi connectivity index (χ1v) is 10.3. The standard InChI is InChI=1S/C21H27N5O6/c22-14(8-12-9-23-15-5-2-1-4-13(12)15)19(29)24-10-18(28)26-7-3-6-17(26)20(30)25-16(11-27)21(31)32/h1-2,4-5,9,14,16-17,23,27H,3,6-8,10-11,22H2,(H,24,29)(H,25,30)(H,31,32). The summed E-state index contributed by atoms with van der Waals surface area (Å²) in [5, 5.41) is 23.8. The van der Waals surface area contributed by atoms with Gasteiger partial charge < -0.3 is 36.5 Å². The average Bonchev–Trinajstić information content (AvgIpc) is 3.43. The largest absolute Gasteiger partial charge is 0.480 e. The molecule has 1 saturated heterocycles. The minimum Gasteiger partial charge on any atom is -0.480 e. The lowest BCUT2D eigenvalue weighted by Gasteiger charge is -2.25. The fourth-order valence-corrected chi connectivity index (χ4v) is 3.82. The fraction of sp³-hybridized carbons (Fsp3) is 0.429. The summed E-state index contributed by atoms with van der Waals surface area (Å²) in [6.07, 6.45) is 3.02. The van der Waals surface area contributed by atoms with Gasteiger partial charge in [-0.3, -0.25) is 14.4 Å². The van der Waals surface area contributed by atoms with Crippen LogP contribution >= 0.6 is 0 Å². The summed E-state index contributed by atoms with van der Waals surface area (Å²) in [5.41, 5.74) is 7.85. The normalized spacial score (nSPS) is 17.7. The van der Waals surface area contributed by atoms with Crippen molar-refractivity contribution in [1.29, 1.82) is 0 Å². The molecule has 1 fully saturated rings. The number of likely N-dealkylation sites (tertiary alicyclic amines) is 1. The molecule has 11 heteroatoms. The van der Waals surface area contributed by atoms with Gasteiger partial charge in [-0.05, 0) is 30.9 Å². The summed E-state index contributed by atoms with van der Waals surface area (Å²) in [6, 6.07) is 4.49. The number of amides is 3. The van der Waals surface area contributed by atoms with Crippen LogP contribution in [-0.2, 0) is 25.6 Å². The maximum absolute atomic E-state index is 12.6. The molecule has 1 aliphatic heterocycles. The number of carbonyl (C=O) groups is 4. The second kappa shape index (κ2) is 10.2. The second-order valence-corrected chi connectivity index (χ2v) is 7.72. The van der Waals surface area contributed by atoms with Crippen LogP contribution in [0.3, 0.4) is 0 Å². The summed E-state index contributed by atoms with van der Waals surface area (Å²) in [6.45, 7) is -0.774. The highest BCUT2D eigenvalue weighted by Gasteiger charge is 2.35. The molecule has 0 aliphatic carbocycles. The van der Waals surface area contributed by atoms with Gasteiger partial charge in [-0.2, -0.15) is 0 Å². The van der Waals surface area contributed by atoms with E-state index in [1.54, 1.807) is 6.20 Å². The predicted molar refractivity (Wildman–Crippen MR) is 114 cm³/mol. The van der Waals surface area contributed by atoms with Crippen LogP contribution in [0.2, 0.25) is 0 Å². The summed E-state index contributed by atoms with van der Waals surface area (Å²) >= 11 is 0. The lowest BCUT2D eigenvalue weighted by molar-refractivity contribution is -0.144. The van der Waals surface area contributed by atoms with Crippen molar-refractivity contribution in [3.63, 3.8) is 0 Å². The second-order valence-electron chi connectivity index (χ2n) is 7.72. The lowest BCUT2D eigenvalue weighted by Crippen LogP contribution is -2.54. The van der Waals surface area contributed by atoms with E-state index in [0.29, 0.717) is 19.4 Å². The number of nitrogens with two attached hydrogens (primary N) is 1. The number of nitrogens with zero attached hydrogens (tertiary/aromatic N) is 1. The molecule has 3 amide bonds. The van der Waals surface area contributed by atoms with E-state index in [2.05, 4.69) is 15.6 Å². The van der Waals surface area contributed by atoms with Crippen LogP contribution in [0.15, 0.2) is 30.5 Å². The fourth-order valence-electron chi connectivity index (χ4n) is 3.82. The number of aliphatic hydroxyl groups excluding tert-OH is 1. The van der Waals surface area contributed by atoms with Gasteiger partial charge in [0.15, 0.2) is 0 Å². The highest BCUT2D eigenvalue weighted by Crippen LogP contribution is 2.19. The molecule has 32 heavy (non-hydrogen) atoms. The van der Waals surface area contributed by atoms with Gasteiger partial charge in [-0.25, -0.2) is 4.79 Å². The molecule has 3 unspecified atom stereocenters. The highest BCUT2D eigenvalue weighted by molar-refractivity contribution is 5.93. The van der Waals surface area contributed by atoms with E-state index in [1.165, 1.54) is 4.90 Å². The van der Waals surface area contributed by atoms with Crippen LogP contribution in [0.1, 0.15) is 18.4 Å². The van der Waals surface area contributed by atoms with Crippen molar-refractivity contribution in [3.05, 3.63) is 36.0 Å². The Labute approximate surface area is 183 Å². The van der Waals surface area contributed by atoms with E-state index in [-0.39, 0.29) is 13.0 Å². The third kappa shape index (κ3) is 5.24. The maximum atomic E-state index is 12.6. The molecule has 3 rings (SSSR count). The Hall–Kier alpha value is -3.44. The molecule has 0 saturated carbocycles. The van der Waals surface area contributed by atoms with Gasteiger partial charge >= 0.3 is 5.97 Å². The van der Waals surface area contributed by atoms with Gasteiger partial charge in [0.1, 0.15) is 12.1 Å². The quantitative estimate of drug-likeness (QED) is 0.278. The number of carboxylic acids is 1. The number of nitrogens with one attached hydrogen (secondary N) is 3. The van der Waals surface area contributed by atoms with Crippen molar-refractivity contribution in [2.45, 2.75) is 37.4 Å². The monoisotopic (exact) mass is 445 g/mol. The lowest BCUT2D eigenvalue weighted by atomic mass is 10.1. The van der Waals surface area contributed by atoms with E-state index < -0.39 is 48.4 Å². The Morgan fingerprint density at radius 1 is 1.25 bits per heavy atom. The van der Waals surface area contributed by atoms with Crippen LogP contribution in [-0.4, -0.2) is 81.6 Å². The summed E-state index contributed by atoms with van der Waals surface area (Å²) < 4.78 is 0. The minimum atomic E-state index is -1.44. The number of carboxylic acid groups (broad SMARTS) is 1. The zero-order chi connectivity index (χ0) is 23.3. The minimum absolute atomic E-state index is 0.288. The van der Waals surface area contributed by atoms with Gasteiger partial charge in [-0.1, -0.05) is 18.2 Å². The molecule has 3 atom stereocenters. The number of aromatic nitrogens is 1. The van der Waals surface area contributed by atoms with Crippen molar-refractivity contribution in [2.75, 3.05) is 19.7 Å². The predicted octanol–water partition coefficient (Wildman–Crippen LogP) is -1.29. The Kier molecular flexibility index (Phi) is 7.44. The third-order valence-electron chi connectivity index (χ3n) is 5.54. The first kappa shape index (κ1) is 23.2. The van der Waals surface area contributed by atoms with Crippen LogP contribution in [0.25, 0.3) is 10.9 Å². The molecule has 172 valence electrons. The maximum Gasteiger partial charge on any atom is 0.328 e. The number of aromatic amines is 1. The van der Waals surface area contributed by atoms with Crippen LogP contribution < -0.4 is 16.4 Å². The molecular weight excluding hydrogens is 418 g/mol. The number of fused-ring (bicyclic) bond motifs is 1. The zero-order valence-corrected chi connectivity index (χ0v) is 17.4. The number of aliphatic hydroxyl groups is 1. The van der Waals surface area contributed by atoms with Gasteiger partial charge in [-0.15, -0.1) is 0 Å². The molecule has 2 aromatic rings. The topological polar surface area (TPSA) is 178 Å². The number of benzene rings is 1. The third-order valence-corrected chi connectivity index (χ3v) is 5.54. The summed E-state index contributed by atoms with van der Waals surface area (Å²) in [7, 11) is 0. The van der Waals surface area contributed by atoms with Gasteiger partial charge in [0, 0.05) is 23.6 Å². The number of H-pyrrole nitrogens is 1. The van der Waals surface area contributed by atoms with E-state index in [1.807, 2.05) is 24.3 Å². The number of hydrogen-bond acceptors (Lipinski definition) is 6. The highest BCUT2D eigenvalue weighted by atomic mass is 16.4. The van der Waals surface area contributed by atoms with E-state index in [4.69, 9.17) is 15.9 Å². The van der Waals surface area contributed by atoms with Crippen LogP contribution in [0.4, 0.5) is 0 Å². The zero-order valence-electron chi connectivity index (χ0n) is 17.4. The van der Waals surface area contributed by atoms with Gasteiger partial charge in [0.05, 0.1) is 19.2 Å².